The van der Waals surface area contributed by atoms with E-state index < -0.39 is 5.91 Å². The molecule has 2 atom stereocenters. The Hall–Kier alpha value is -2.61. The zero-order chi connectivity index (χ0) is 14.7. The summed E-state index contributed by atoms with van der Waals surface area (Å²) >= 11 is 0. The predicted molar refractivity (Wildman–Crippen MR) is 69.7 cm³/mol. The van der Waals surface area contributed by atoms with Gasteiger partial charge in [0.15, 0.2) is 5.82 Å². The summed E-state index contributed by atoms with van der Waals surface area (Å²) in [7, 11) is 0. The van der Waals surface area contributed by atoms with Gasteiger partial charge in [-0.2, -0.15) is 0 Å². The molecule has 3 heterocycles. The number of nitrogens with zero attached hydrogens (tertiary/aromatic N) is 3. The molecule has 1 aromatic carbocycles. The van der Waals surface area contributed by atoms with Gasteiger partial charge in [0.25, 0.3) is 5.91 Å². The van der Waals surface area contributed by atoms with E-state index in [1.54, 1.807) is 10.6 Å². The first-order valence-corrected chi connectivity index (χ1v) is 6.48. The molecule has 2 aromatic rings. The average Bonchev–Trinajstić information content (AvgIpc) is 2.94. The molecule has 21 heavy (non-hydrogen) atoms. The van der Waals surface area contributed by atoms with Crippen molar-refractivity contribution in [1.82, 2.24) is 14.8 Å². The van der Waals surface area contributed by atoms with E-state index in [1.165, 1.54) is 6.07 Å². The molecule has 1 saturated heterocycles. The molecule has 0 saturated carbocycles. The monoisotopic (exact) mass is 288 g/mol. The van der Waals surface area contributed by atoms with Crippen LogP contribution in [0.1, 0.15) is 16.2 Å². The fourth-order valence-corrected chi connectivity index (χ4v) is 2.85. The Labute approximate surface area is 118 Å². The van der Waals surface area contributed by atoms with Crippen LogP contribution in [0, 0.1) is 0 Å². The third kappa shape index (κ3) is 1.76. The van der Waals surface area contributed by atoms with Crippen LogP contribution in [0.4, 0.5) is 0 Å². The third-order valence-corrected chi connectivity index (χ3v) is 3.85. The number of epoxide rings is 1. The lowest BCUT2D eigenvalue weighted by Crippen LogP contribution is -2.22. The summed E-state index contributed by atoms with van der Waals surface area (Å²) in [4.78, 5) is 11.5. The zero-order valence-electron chi connectivity index (χ0n) is 10.9. The number of amides is 1. The SMILES string of the molecule is NC(=O)c1nnc2n1CC1OC1Cc1cc(O)cc(O)c1-2. The largest absolute Gasteiger partial charge is 0.508 e. The van der Waals surface area contributed by atoms with Crippen molar-refractivity contribution in [2.24, 2.45) is 5.73 Å². The maximum Gasteiger partial charge on any atom is 0.286 e. The Morgan fingerprint density at radius 2 is 2.14 bits per heavy atom. The average molecular weight is 288 g/mol. The van der Waals surface area contributed by atoms with Crippen LogP contribution in [-0.4, -0.2) is 43.1 Å². The number of aromatic nitrogens is 3. The lowest BCUT2D eigenvalue weighted by atomic mass is 9.98. The molecule has 8 heteroatoms. The molecule has 1 amide bonds. The molecular weight excluding hydrogens is 276 g/mol. The normalized spacial score (nSPS) is 22.5. The number of primary amides is 1. The highest BCUT2D eigenvalue weighted by atomic mass is 16.6. The summed E-state index contributed by atoms with van der Waals surface area (Å²) in [6.45, 7) is 0.408. The minimum atomic E-state index is -0.689. The number of phenolic OH excluding ortho intramolecular Hbond substituents is 2. The Kier molecular flexibility index (Phi) is 2.29. The maximum absolute atomic E-state index is 11.5. The number of ether oxygens (including phenoxy) is 1. The van der Waals surface area contributed by atoms with E-state index in [4.69, 9.17) is 10.5 Å². The van der Waals surface area contributed by atoms with E-state index in [0.29, 0.717) is 29.9 Å². The van der Waals surface area contributed by atoms with Gasteiger partial charge < -0.3 is 25.3 Å². The number of nitrogens with two attached hydrogens (primary N) is 1. The highest BCUT2D eigenvalue weighted by Gasteiger charge is 2.43. The third-order valence-electron chi connectivity index (χ3n) is 3.85. The van der Waals surface area contributed by atoms with Crippen LogP contribution in [0.2, 0.25) is 0 Å². The second-order valence-electron chi connectivity index (χ2n) is 5.24. The van der Waals surface area contributed by atoms with Crippen molar-refractivity contribution in [3.8, 4) is 22.9 Å². The summed E-state index contributed by atoms with van der Waals surface area (Å²) in [5, 5.41) is 27.6. The van der Waals surface area contributed by atoms with E-state index in [9.17, 15) is 15.0 Å². The summed E-state index contributed by atoms with van der Waals surface area (Å²) < 4.78 is 7.10. The molecule has 2 unspecified atom stereocenters. The van der Waals surface area contributed by atoms with Crippen molar-refractivity contribution in [3.05, 3.63) is 23.5 Å². The highest BCUT2D eigenvalue weighted by molar-refractivity contribution is 5.90. The summed E-state index contributed by atoms with van der Waals surface area (Å²) in [6, 6.07) is 2.79. The minimum absolute atomic E-state index is 0.0128. The van der Waals surface area contributed by atoms with Crippen LogP contribution < -0.4 is 5.73 Å². The number of fused-ring (bicyclic) bond motifs is 4. The molecule has 2 aliphatic rings. The molecule has 0 bridgehead atoms. The molecular formula is C13H12N4O4. The fraction of sp³-hybridized carbons (Fsp3) is 0.308. The lowest BCUT2D eigenvalue weighted by molar-refractivity contribution is 0.0985. The van der Waals surface area contributed by atoms with Crippen LogP contribution >= 0.6 is 0 Å². The van der Waals surface area contributed by atoms with Gasteiger partial charge in [0.05, 0.1) is 18.2 Å². The summed E-state index contributed by atoms with van der Waals surface area (Å²) in [5.41, 5.74) is 6.45. The lowest BCUT2D eigenvalue weighted by Gasteiger charge is -2.15. The second kappa shape index (κ2) is 3.95. The summed E-state index contributed by atoms with van der Waals surface area (Å²) in [5.74, 6) is -0.463. The minimum Gasteiger partial charge on any atom is -0.508 e. The van der Waals surface area contributed by atoms with E-state index in [1.807, 2.05) is 0 Å². The van der Waals surface area contributed by atoms with Crippen molar-refractivity contribution in [2.45, 2.75) is 25.2 Å². The van der Waals surface area contributed by atoms with Crippen molar-refractivity contribution in [3.63, 3.8) is 0 Å². The molecule has 1 aromatic heterocycles. The van der Waals surface area contributed by atoms with Gasteiger partial charge in [0.2, 0.25) is 5.82 Å². The first-order valence-electron chi connectivity index (χ1n) is 6.48. The van der Waals surface area contributed by atoms with E-state index >= 15 is 0 Å². The molecule has 4 N–H and O–H groups in total. The van der Waals surface area contributed by atoms with Crippen molar-refractivity contribution < 1.29 is 19.7 Å². The van der Waals surface area contributed by atoms with Gasteiger partial charge in [0, 0.05) is 12.5 Å². The van der Waals surface area contributed by atoms with E-state index in [0.717, 1.165) is 0 Å². The smallest absolute Gasteiger partial charge is 0.286 e. The number of hydrogen-bond donors (Lipinski definition) is 3. The molecule has 4 rings (SSSR count). The number of aromatic hydroxyl groups is 2. The molecule has 0 radical (unpaired) electrons. The highest BCUT2D eigenvalue weighted by Crippen LogP contribution is 2.41. The molecule has 8 nitrogen and oxygen atoms in total. The number of carbonyl (C=O) groups is 1. The molecule has 0 aliphatic carbocycles. The number of benzene rings is 1. The Morgan fingerprint density at radius 1 is 1.33 bits per heavy atom. The number of hydrogen-bond acceptors (Lipinski definition) is 6. The van der Waals surface area contributed by atoms with Gasteiger partial charge in [-0.3, -0.25) is 4.79 Å². The van der Waals surface area contributed by atoms with Crippen LogP contribution in [0.15, 0.2) is 12.1 Å². The quantitative estimate of drug-likeness (QED) is 0.622. The van der Waals surface area contributed by atoms with Crippen LogP contribution in [0.5, 0.6) is 11.5 Å². The van der Waals surface area contributed by atoms with Gasteiger partial charge in [-0.25, -0.2) is 0 Å². The maximum atomic E-state index is 11.5. The van der Waals surface area contributed by atoms with Crippen LogP contribution in [0.3, 0.4) is 0 Å². The number of carbonyl (C=O) groups excluding carboxylic acids is 1. The van der Waals surface area contributed by atoms with E-state index in [2.05, 4.69) is 10.2 Å². The molecule has 0 spiro atoms. The van der Waals surface area contributed by atoms with Gasteiger partial charge >= 0.3 is 0 Å². The number of rotatable bonds is 1. The summed E-state index contributed by atoms with van der Waals surface area (Å²) in [6.07, 6.45) is 0.498. The Bertz CT molecular complexity index is 770. The van der Waals surface area contributed by atoms with Gasteiger partial charge in [-0.15, -0.1) is 10.2 Å². The van der Waals surface area contributed by atoms with Crippen molar-refractivity contribution in [2.75, 3.05) is 0 Å². The van der Waals surface area contributed by atoms with Gasteiger partial charge in [0.1, 0.15) is 17.6 Å². The standard InChI is InChI=1S/C13H12N4O4/c14-11(20)13-16-15-12-10-5(1-6(18)3-7(10)19)2-8-9(21-8)4-17(12)13/h1,3,8-9,18-19H,2,4H2,(H2,14,20). The fourth-order valence-electron chi connectivity index (χ4n) is 2.85. The predicted octanol–water partition coefficient (Wildman–Crippen LogP) is -0.221. The van der Waals surface area contributed by atoms with E-state index in [-0.39, 0.29) is 29.5 Å². The molecule has 1 fully saturated rings. The first-order chi connectivity index (χ1) is 10.0. The molecule has 2 aliphatic heterocycles. The second-order valence-corrected chi connectivity index (χ2v) is 5.24. The van der Waals surface area contributed by atoms with Crippen LogP contribution in [0.25, 0.3) is 11.4 Å². The first kappa shape index (κ1) is 12.2. The number of phenols is 2. The van der Waals surface area contributed by atoms with Gasteiger partial charge in [-0.05, 0) is 11.6 Å². The van der Waals surface area contributed by atoms with Crippen molar-refractivity contribution >= 4 is 5.91 Å². The Balaban J connectivity index is 1.99. The zero-order valence-corrected chi connectivity index (χ0v) is 10.9. The Morgan fingerprint density at radius 3 is 2.90 bits per heavy atom. The molecule has 108 valence electrons. The van der Waals surface area contributed by atoms with Crippen molar-refractivity contribution in [1.29, 1.82) is 0 Å². The van der Waals surface area contributed by atoms with Gasteiger partial charge in [-0.1, -0.05) is 0 Å². The topological polar surface area (TPSA) is 127 Å². The van der Waals surface area contributed by atoms with Crippen LogP contribution in [-0.2, 0) is 17.7 Å².